The van der Waals surface area contributed by atoms with Gasteiger partial charge in [0.2, 0.25) is 0 Å². The molecule has 2 aliphatic rings. The summed E-state index contributed by atoms with van der Waals surface area (Å²) in [5.74, 6) is 1.33. The first kappa shape index (κ1) is 24.8. The minimum absolute atomic E-state index is 0. The molecule has 2 saturated heterocycles. The van der Waals surface area contributed by atoms with Crippen molar-refractivity contribution in [1.82, 2.24) is 15.1 Å². The van der Waals surface area contributed by atoms with E-state index in [1.165, 1.54) is 32.4 Å². The SMILES string of the molecule is CCNC(=NCC(O)COc1cccc(Cl)c1Cl)N1CCC(N2CCCC2)C1.I. The Morgan fingerprint density at radius 2 is 2.07 bits per heavy atom. The van der Waals surface area contributed by atoms with E-state index in [1.54, 1.807) is 18.2 Å². The number of nitrogens with one attached hydrogen (secondary N) is 1. The van der Waals surface area contributed by atoms with E-state index in [1.807, 2.05) is 0 Å². The van der Waals surface area contributed by atoms with Gasteiger partial charge in [-0.1, -0.05) is 29.3 Å². The van der Waals surface area contributed by atoms with Crippen molar-refractivity contribution in [3.05, 3.63) is 28.2 Å². The first-order valence-electron chi connectivity index (χ1n) is 10.1. The molecule has 2 heterocycles. The van der Waals surface area contributed by atoms with Crippen LogP contribution >= 0.6 is 47.2 Å². The van der Waals surface area contributed by atoms with Crippen molar-refractivity contribution in [1.29, 1.82) is 0 Å². The maximum absolute atomic E-state index is 10.3. The van der Waals surface area contributed by atoms with Gasteiger partial charge in [-0.3, -0.25) is 9.89 Å². The third kappa shape index (κ3) is 7.02. The lowest BCUT2D eigenvalue weighted by Crippen LogP contribution is -2.43. The minimum Gasteiger partial charge on any atom is -0.489 e. The molecule has 29 heavy (non-hydrogen) atoms. The van der Waals surface area contributed by atoms with Gasteiger partial charge < -0.3 is 20.1 Å². The fourth-order valence-electron chi connectivity index (χ4n) is 3.79. The predicted octanol–water partition coefficient (Wildman–Crippen LogP) is 3.49. The molecule has 1 aromatic carbocycles. The first-order chi connectivity index (χ1) is 13.6. The van der Waals surface area contributed by atoms with Crippen LogP contribution in [-0.2, 0) is 0 Å². The van der Waals surface area contributed by atoms with Crippen LogP contribution in [0.15, 0.2) is 23.2 Å². The molecule has 2 atom stereocenters. The van der Waals surface area contributed by atoms with E-state index in [0.29, 0.717) is 21.8 Å². The number of likely N-dealkylation sites (tertiary alicyclic amines) is 2. The smallest absolute Gasteiger partial charge is 0.194 e. The molecular formula is C20H31Cl2IN4O2. The lowest BCUT2D eigenvalue weighted by Gasteiger charge is -2.25. The molecular weight excluding hydrogens is 526 g/mol. The highest BCUT2D eigenvalue weighted by molar-refractivity contribution is 14.0. The zero-order valence-electron chi connectivity index (χ0n) is 16.8. The number of nitrogens with zero attached hydrogens (tertiary/aromatic N) is 3. The molecule has 0 spiro atoms. The number of rotatable bonds is 7. The van der Waals surface area contributed by atoms with E-state index >= 15 is 0 Å². The van der Waals surface area contributed by atoms with Gasteiger partial charge >= 0.3 is 0 Å². The molecule has 3 rings (SSSR count). The molecule has 164 valence electrons. The Kier molecular flexibility index (Phi) is 10.6. The van der Waals surface area contributed by atoms with Crippen molar-refractivity contribution in [3.63, 3.8) is 0 Å². The standard InChI is InChI=1S/C20H30Cl2N4O2.HI/c1-2-23-20(26-11-8-15(13-26)25-9-3-4-10-25)24-12-16(27)14-28-18-7-5-6-17(21)19(18)22;/h5-7,15-16,27H,2-4,8-14H2,1H3,(H,23,24);1H. The van der Waals surface area contributed by atoms with Crippen LogP contribution in [0.3, 0.4) is 0 Å². The number of ether oxygens (including phenoxy) is 1. The van der Waals surface area contributed by atoms with Gasteiger partial charge in [-0.05, 0) is 51.4 Å². The Bertz CT molecular complexity index is 674. The van der Waals surface area contributed by atoms with Crippen molar-refractivity contribution in [2.45, 2.75) is 38.3 Å². The molecule has 0 aromatic heterocycles. The van der Waals surface area contributed by atoms with Gasteiger partial charge in [0.1, 0.15) is 23.5 Å². The summed E-state index contributed by atoms with van der Waals surface area (Å²) in [6, 6.07) is 5.81. The van der Waals surface area contributed by atoms with Crippen molar-refractivity contribution >= 4 is 53.1 Å². The van der Waals surface area contributed by atoms with Gasteiger partial charge in [0.15, 0.2) is 5.96 Å². The monoisotopic (exact) mass is 556 g/mol. The number of aliphatic hydroxyl groups is 1. The highest BCUT2D eigenvalue weighted by Crippen LogP contribution is 2.31. The molecule has 0 amide bonds. The Morgan fingerprint density at radius 3 is 2.79 bits per heavy atom. The quantitative estimate of drug-likeness (QED) is 0.306. The zero-order chi connectivity index (χ0) is 19.9. The van der Waals surface area contributed by atoms with E-state index in [2.05, 4.69) is 27.0 Å². The van der Waals surface area contributed by atoms with Crippen LogP contribution in [0.5, 0.6) is 5.75 Å². The molecule has 2 aliphatic heterocycles. The van der Waals surface area contributed by atoms with Gasteiger partial charge in [-0.25, -0.2) is 0 Å². The molecule has 1 aromatic rings. The van der Waals surface area contributed by atoms with Crippen molar-refractivity contribution in [2.75, 3.05) is 45.9 Å². The molecule has 0 bridgehead atoms. The third-order valence-electron chi connectivity index (χ3n) is 5.25. The molecule has 0 radical (unpaired) electrons. The summed E-state index contributed by atoms with van der Waals surface area (Å²) in [7, 11) is 0. The first-order valence-corrected chi connectivity index (χ1v) is 10.9. The minimum atomic E-state index is -0.722. The summed E-state index contributed by atoms with van der Waals surface area (Å²) < 4.78 is 5.61. The van der Waals surface area contributed by atoms with Crippen LogP contribution in [0.4, 0.5) is 0 Å². The number of benzene rings is 1. The van der Waals surface area contributed by atoms with Gasteiger partial charge in [-0.15, -0.1) is 24.0 Å². The Balaban J connectivity index is 0.00000300. The van der Waals surface area contributed by atoms with Crippen molar-refractivity contribution in [2.24, 2.45) is 4.99 Å². The molecule has 2 unspecified atom stereocenters. The lowest BCUT2D eigenvalue weighted by molar-refractivity contribution is 0.114. The number of hydrogen-bond donors (Lipinski definition) is 2. The summed E-state index contributed by atoms with van der Waals surface area (Å²) in [4.78, 5) is 9.53. The van der Waals surface area contributed by atoms with E-state index < -0.39 is 6.10 Å². The summed E-state index contributed by atoms with van der Waals surface area (Å²) >= 11 is 12.1. The highest BCUT2D eigenvalue weighted by Gasteiger charge is 2.30. The molecule has 2 fully saturated rings. The summed E-state index contributed by atoms with van der Waals surface area (Å²) in [5.41, 5.74) is 0. The number of guanidine groups is 1. The molecule has 2 N–H and O–H groups in total. The lowest BCUT2D eigenvalue weighted by atomic mass is 10.2. The van der Waals surface area contributed by atoms with Gasteiger partial charge in [0.25, 0.3) is 0 Å². The van der Waals surface area contributed by atoms with Crippen molar-refractivity contribution in [3.8, 4) is 5.75 Å². The van der Waals surface area contributed by atoms with Crippen LogP contribution in [0.1, 0.15) is 26.2 Å². The van der Waals surface area contributed by atoms with Gasteiger partial charge in [0.05, 0.1) is 11.6 Å². The second-order valence-electron chi connectivity index (χ2n) is 7.34. The van der Waals surface area contributed by atoms with Crippen molar-refractivity contribution < 1.29 is 9.84 Å². The zero-order valence-corrected chi connectivity index (χ0v) is 20.7. The van der Waals surface area contributed by atoms with Crippen LogP contribution in [0.2, 0.25) is 10.0 Å². The second kappa shape index (κ2) is 12.4. The summed E-state index contributed by atoms with van der Waals surface area (Å²) in [6.45, 7) is 7.67. The molecule has 0 saturated carbocycles. The predicted molar refractivity (Wildman–Crippen MR) is 130 cm³/mol. The van der Waals surface area contributed by atoms with E-state index in [-0.39, 0.29) is 37.1 Å². The largest absolute Gasteiger partial charge is 0.489 e. The number of hydrogen-bond acceptors (Lipinski definition) is 4. The Labute approximate surface area is 200 Å². The second-order valence-corrected chi connectivity index (χ2v) is 8.13. The van der Waals surface area contributed by atoms with E-state index in [9.17, 15) is 5.11 Å². The van der Waals surface area contributed by atoms with Crippen LogP contribution in [0, 0.1) is 0 Å². The third-order valence-corrected chi connectivity index (χ3v) is 6.06. The fourth-order valence-corrected chi connectivity index (χ4v) is 4.14. The van der Waals surface area contributed by atoms with Gasteiger partial charge in [0, 0.05) is 25.7 Å². The van der Waals surface area contributed by atoms with Crippen LogP contribution in [-0.4, -0.2) is 78.9 Å². The average molecular weight is 557 g/mol. The number of aliphatic hydroxyl groups excluding tert-OH is 1. The number of aliphatic imine (C=N–C) groups is 1. The van der Waals surface area contributed by atoms with Crippen LogP contribution in [0.25, 0.3) is 0 Å². The van der Waals surface area contributed by atoms with Crippen LogP contribution < -0.4 is 10.1 Å². The molecule has 9 heteroatoms. The maximum atomic E-state index is 10.3. The number of halogens is 3. The fraction of sp³-hybridized carbons (Fsp3) is 0.650. The van der Waals surface area contributed by atoms with E-state index in [0.717, 1.165) is 25.6 Å². The van der Waals surface area contributed by atoms with Gasteiger partial charge in [-0.2, -0.15) is 0 Å². The molecule has 0 aliphatic carbocycles. The topological polar surface area (TPSA) is 60.3 Å². The highest BCUT2D eigenvalue weighted by atomic mass is 127. The normalized spacial score (nSPS) is 21.2. The average Bonchev–Trinajstić information content (AvgIpc) is 3.37. The summed E-state index contributed by atoms with van der Waals surface area (Å²) in [5, 5.41) is 14.4. The maximum Gasteiger partial charge on any atom is 0.194 e. The summed E-state index contributed by atoms with van der Waals surface area (Å²) in [6.07, 6.45) is 3.07. The Morgan fingerprint density at radius 1 is 1.31 bits per heavy atom. The van der Waals surface area contributed by atoms with E-state index in [4.69, 9.17) is 27.9 Å². The molecule has 6 nitrogen and oxygen atoms in total. The Hall–Kier alpha value is -0.480.